The Balaban J connectivity index is 1.86. The quantitative estimate of drug-likeness (QED) is 0.739. The Kier molecular flexibility index (Phi) is 3.45. The van der Waals surface area contributed by atoms with Gasteiger partial charge in [0.15, 0.2) is 0 Å². The van der Waals surface area contributed by atoms with Crippen LogP contribution < -0.4 is 5.32 Å². The second-order valence-electron chi connectivity index (χ2n) is 5.18. The first-order valence-electron chi connectivity index (χ1n) is 6.19. The van der Waals surface area contributed by atoms with Crippen molar-refractivity contribution in [2.45, 2.75) is 38.6 Å². The van der Waals surface area contributed by atoms with Gasteiger partial charge in [-0.3, -0.25) is 0 Å². The van der Waals surface area contributed by atoms with Gasteiger partial charge in [0.25, 0.3) is 0 Å². The minimum Gasteiger partial charge on any atom is -0.317 e. The number of rotatable bonds is 3. The third kappa shape index (κ3) is 2.29. The van der Waals surface area contributed by atoms with Crippen molar-refractivity contribution < 1.29 is 0 Å². The first-order chi connectivity index (χ1) is 6.79. The second kappa shape index (κ2) is 4.63. The van der Waals surface area contributed by atoms with E-state index in [-0.39, 0.29) is 0 Å². The Morgan fingerprint density at radius 3 is 3.00 bits per heavy atom. The fourth-order valence-corrected chi connectivity index (χ4v) is 3.15. The molecule has 0 aromatic rings. The van der Waals surface area contributed by atoms with Crippen LogP contribution >= 0.6 is 0 Å². The van der Waals surface area contributed by atoms with Gasteiger partial charge in [-0.25, -0.2) is 0 Å². The lowest BCUT2D eigenvalue weighted by atomic mass is 9.77. The molecule has 0 radical (unpaired) electrons. The van der Waals surface area contributed by atoms with Crippen molar-refractivity contribution >= 4 is 0 Å². The highest BCUT2D eigenvalue weighted by molar-refractivity contribution is 4.85. The first-order valence-corrected chi connectivity index (χ1v) is 6.19. The lowest BCUT2D eigenvalue weighted by Crippen LogP contribution is -2.45. The lowest BCUT2D eigenvalue weighted by Gasteiger charge is -2.43. The SMILES string of the molecule is CNC(C)CC1CCN2CCCC1C2. The average molecular weight is 196 g/mol. The standard InChI is InChI=1S/C12H24N2/c1-10(13-2)8-11-5-7-14-6-3-4-12(11)9-14/h10-13H,3-9H2,1-2H3. The predicted octanol–water partition coefficient (Wildman–Crippen LogP) is 1.72. The van der Waals surface area contributed by atoms with Crippen molar-refractivity contribution in [2.24, 2.45) is 11.8 Å². The summed E-state index contributed by atoms with van der Waals surface area (Å²) in [5, 5.41) is 3.37. The minimum absolute atomic E-state index is 0.702. The van der Waals surface area contributed by atoms with Crippen LogP contribution in [0.5, 0.6) is 0 Å². The molecule has 2 nitrogen and oxygen atoms in total. The summed E-state index contributed by atoms with van der Waals surface area (Å²) in [6, 6.07) is 0.702. The highest BCUT2D eigenvalue weighted by atomic mass is 15.1. The van der Waals surface area contributed by atoms with E-state index >= 15 is 0 Å². The van der Waals surface area contributed by atoms with E-state index in [0.717, 1.165) is 11.8 Å². The number of nitrogens with one attached hydrogen (secondary N) is 1. The van der Waals surface area contributed by atoms with Crippen molar-refractivity contribution in [3.05, 3.63) is 0 Å². The molecule has 0 amide bonds. The molecule has 2 aliphatic heterocycles. The molecule has 2 heteroatoms. The van der Waals surface area contributed by atoms with Crippen LogP contribution in [0, 0.1) is 11.8 Å². The second-order valence-corrected chi connectivity index (χ2v) is 5.18. The highest BCUT2D eigenvalue weighted by Gasteiger charge is 2.32. The Labute approximate surface area is 88.1 Å². The minimum atomic E-state index is 0.702. The molecule has 2 rings (SSSR count). The number of hydrogen-bond acceptors (Lipinski definition) is 2. The van der Waals surface area contributed by atoms with E-state index in [1.807, 2.05) is 0 Å². The molecule has 82 valence electrons. The molecule has 2 aliphatic rings. The Morgan fingerprint density at radius 1 is 1.36 bits per heavy atom. The van der Waals surface area contributed by atoms with Crippen LogP contribution in [0.2, 0.25) is 0 Å². The molecule has 1 N–H and O–H groups in total. The van der Waals surface area contributed by atoms with Gasteiger partial charge in [0.05, 0.1) is 0 Å². The van der Waals surface area contributed by atoms with Crippen molar-refractivity contribution in [3.8, 4) is 0 Å². The third-order valence-electron chi connectivity index (χ3n) is 4.17. The number of hydrogen-bond donors (Lipinski definition) is 1. The molecule has 2 saturated heterocycles. The van der Waals surface area contributed by atoms with Crippen LogP contribution in [-0.4, -0.2) is 37.6 Å². The van der Waals surface area contributed by atoms with Crippen molar-refractivity contribution in [2.75, 3.05) is 26.7 Å². The molecule has 0 aliphatic carbocycles. The number of fused-ring (bicyclic) bond motifs is 2. The zero-order valence-corrected chi connectivity index (χ0v) is 9.63. The largest absolute Gasteiger partial charge is 0.317 e. The van der Waals surface area contributed by atoms with Gasteiger partial charge < -0.3 is 10.2 Å². The normalized spacial score (nSPS) is 39.4. The van der Waals surface area contributed by atoms with Gasteiger partial charge in [0.2, 0.25) is 0 Å². The molecule has 4 atom stereocenters. The summed E-state index contributed by atoms with van der Waals surface area (Å²) in [4.78, 5) is 2.66. The molecule has 0 aromatic carbocycles. The fraction of sp³-hybridized carbons (Fsp3) is 1.00. The van der Waals surface area contributed by atoms with Gasteiger partial charge in [-0.05, 0) is 64.6 Å². The number of piperidine rings is 2. The first kappa shape index (κ1) is 10.4. The van der Waals surface area contributed by atoms with Crippen LogP contribution in [0.1, 0.15) is 32.6 Å². The van der Waals surface area contributed by atoms with Gasteiger partial charge in [0.1, 0.15) is 0 Å². The van der Waals surface area contributed by atoms with Gasteiger partial charge in [-0.1, -0.05) is 0 Å². The number of nitrogens with zero attached hydrogens (tertiary/aromatic N) is 1. The van der Waals surface area contributed by atoms with Crippen LogP contribution in [-0.2, 0) is 0 Å². The summed E-state index contributed by atoms with van der Waals surface area (Å²) in [6.07, 6.45) is 5.75. The average Bonchev–Trinajstić information content (AvgIpc) is 2.23. The van der Waals surface area contributed by atoms with E-state index in [1.54, 1.807) is 0 Å². The summed E-state index contributed by atoms with van der Waals surface area (Å²) in [6.45, 7) is 6.43. The molecule has 14 heavy (non-hydrogen) atoms. The van der Waals surface area contributed by atoms with Crippen LogP contribution in [0.3, 0.4) is 0 Å². The Hall–Kier alpha value is -0.0800. The van der Waals surface area contributed by atoms with Gasteiger partial charge >= 0.3 is 0 Å². The molecular formula is C12H24N2. The molecule has 4 unspecified atom stereocenters. The molecular weight excluding hydrogens is 172 g/mol. The van der Waals surface area contributed by atoms with Crippen LogP contribution in [0.25, 0.3) is 0 Å². The highest BCUT2D eigenvalue weighted by Crippen LogP contribution is 2.33. The maximum Gasteiger partial charge on any atom is 0.00384 e. The summed E-state index contributed by atoms with van der Waals surface area (Å²) in [7, 11) is 2.08. The maximum absolute atomic E-state index is 3.37. The topological polar surface area (TPSA) is 15.3 Å². The van der Waals surface area contributed by atoms with E-state index in [4.69, 9.17) is 0 Å². The third-order valence-corrected chi connectivity index (χ3v) is 4.17. The Morgan fingerprint density at radius 2 is 2.21 bits per heavy atom. The van der Waals surface area contributed by atoms with E-state index in [9.17, 15) is 0 Å². The zero-order chi connectivity index (χ0) is 9.97. The van der Waals surface area contributed by atoms with Gasteiger partial charge in [-0.2, -0.15) is 0 Å². The van der Waals surface area contributed by atoms with E-state index in [2.05, 4.69) is 24.2 Å². The smallest absolute Gasteiger partial charge is 0.00384 e. The van der Waals surface area contributed by atoms with E-state index in [1.165, 1.54) is 45.3 Å². The van der Waals surface area contributed by atoms with Crippen LogP contribution in [0.4, 0.5) is 0 Å². The van der Waals surface area contributed by atoms with Crippen molar-refractivity contribution in [3.63, 3.8) is 0 Å². The van der Waals surface area contributed by atoms with Crippen molar-refractivity contribution in [1.82, 2.24) is 10.2 Å². The van der Waals surface area contributed by atoms with Gasteiger partial charge in [0, 0.05) is 12.6 Å². The molecule has 0 saturated carbocycles. The fourth-order valence-electron chi connectivity index (χ4n) is 3.15. The lowest BCUT2D eigenvalue weighted by molar-refractivity contribution is 0.0659. The molecule has 2 fully saturated rings. The van der Waals surface area contributed by atoms with E-state index in [0.29, 0.717) is 6.04 Å². The molecule has 0 aromatic heterocycles. The molecule has 2 heterocycles. The maximum atomic E-state index is 3.37. The summed E-state index contributed by atoms with van der Waals surface area (Å²) >= 11 is 0. The zero-order valence-electron chi connectivity index (χ0n) is 9.63. The predicted molar refractivity (Wildman–Crippen MR) is 60.4 cm³/mol. The van der Waals surface area contributed by atoms with E-state index < -0.39 is 0 Å². The summed E-state index contributed by atoms with van der Waals surface area (Å²) in [5.74, 6) is 2.00. The molecule has 2 bridgehead atoms. The molecule has 0 spiro atoms. The van der Waals surface area contributed by atoms with Crippen LogP contribution in [0.15, 0.2) is 0 Å². The van der Waals surface area contributed by atoms with Crippen molar-refractivity contribution in [1.29, 1.82) is 0 Å². The Bertz CT molecular complexity index is 181. The summed E-state index contributed by atoms with van der Waals surface area (Å²) < 4.78 is 0. The van der Waals surface area contributed by atoms with Gasteiger partial charge in [-0.15, -0.1) is 0 Å². The summed E-state index contributed by atoms with van der Waals surface area (Å²) in [5.41, 5.74) is 0. The monoisotopic (exact) mass is 196 g/mol.